The van der Waals surface area contributed by atoms with Crippen LogP contribution in [0.25, 0.3) is 0 Å². The Morgan fingerprint density at radius 1 is 0.359 bits per heavy atom. The van der Waals surface area contributed by atoms with Gasteiger partial charge in [-0.2, -0.15) is 0 Å². The SMILES string of the molecule is CCC(OC(=O)CCC(=O)CS(#P)=S)C(=O)N(CCCNC(=O)CCC(=O)CCCCO[C@@H]1OC(COC(C)=O)[C@H](OC(C)=O)[C@H](OC(C)=O)C1NC(C)=O)CCCN(CCCNC(=O)CCC(=O)CCCCO[C@@H]1OC(COC(C)=O)[C@H](OC(C)=O)[C@H](OC(C)=O)C1NC(C)=O)C(=O)CCC(=O)CCCCO[C@@H]1OC(COC(C)=O)[C@H](OC(C)=O)[C@H](OC(C)=O)C1NC(C)=O. The van der Waals surface area contributed by atoms with Crippen LogP contribution in [0.5, 0.6) is 0 Å². The summed E-state index contributed by atoms with van der Waals surface area (Å²) in [7, 11) is 3.14. The van der Waals surface area contributed by atoms with Crippen molar-refractivity contribution >= 4 is 152 Å². The predicted molar refractivity (Wildman–Crippen MR) is 458 cm³/mol. The Morgan fingerprint density at radius 3 is 0.977 bits per heavy atom. The summed E-state index contributed by atoms with van der Waals surface area (Å²) in [6.45, 7) is 13.4. The molecule has 16 atom stereocenters. The number of carbonyl (C=O) groups excluding carboxylic acids is 21. The third-order valence-corrected chi connectivity index (χ3v) is 21.0. The van der Waals surface area contributed by atoms with Crippen molar-refractivity contribution in [2.24, 2.45) is 0 Å². The Hall–Kier alpha value is -9.70. The molecular formula is C84H128N7O37PS2. The molecule has 3 heterocycles. The first-order chi connectivity index (χ1) is 61.9. The van der Waals surface area contributed by atoms with Gasteiger partial charge in [0.15, 0.2) is 55.5 Å². The van der Waals surface area contributed by atoms with Crippen molar-refractivity contribution in [1.29, 1.82) is 0 Å². The van der Waals surface area contributed by atoms with Crippen LogP contribution in [0.3, 0.4) is 0 Å². The van der Waals surface area contributed by atoms with E-state index in [-0.39, 0.29) is 223 Å². The standard InChI is InChI=1S/C84H128N7O37PS2/c1-14-64(125-71(111)34-30-63(107)47-131(129)130)81(112)91(38-22-36-86-69(109)32-28-61(105)25-16-19-42-114-83-73(88-49(3)93)79(123-58(12)102)76(120-55(9)99)66(127-83)45-117-52(6)96)40-23-39-90(70(110)33-29-62(106)26-17-20-43-115-84-74(89-50(4)94)80(124-59(13)103)77(121-56(10)100)67(128-84)46-118-53(7)97)37-21-35-85-68(108)31-27-60(104)24-15-18-41-113-82-72(87-48(2)92)78(122-57(11)101)75(119-54(8)98)65(126-82)44-116-51(5)95/h64-67,72-80,82-84H,14-47H2,1-13H3,(H,85,108)(H,86,109)(H,87,92)(H,88,93)(H,89,94)/t64?,65?,66?,67?,72?,73?,74?,75-,76-,77-,78+,79+,80+,82+,83+,84+/m0/s1. The zero-order valence-corrected chi connectivity index (χ0v) is 79.1. The molecule has 0 bridgehead atoms. The first-order valence-corrected chi connectivity index (χ1v) is 46.7. The normalized spacial score (nSPS) is 21.6. The molecule has 131 heavy (non-hydrogen) atoms. The Balaban J connectivity index is 1.78. The third kappa shape index (κ3) is 48.0. The van der Waals surface area contributed by atoms with E-state index in [0.717, 1.165) is 62.3 Å². The topological polar surface area (TPSA) is 573 Å². The molecule has 5 N–H and O–H groups in total. The molecule has 3 aliphatic heterocycles. The van der Waals surface area contributed by atoms with E-state index in [1.54, 1.807) is 6.92 Å². The summed E-state index contributed by atoms with van der Waals surface area (Å²) < 4.78 is 90.0. The van der Waals surface area contributed by atoms with Crippen molar-refractivity contribution in [2.75, 3.05) is 84.7 Å². The molecule has 0 spiro atoms. The van der Waals surface area contributed by atoms with Crippen LogP contribution in [0.15, 0.2) is 0 Å². The van der Waals surface area contributed by atoms with E-state index in [4.69, 9.17) is 87.0 Å². The molecule has 738 valence electrons. The van der Waals surface area contributed by atoms with Crippen LogP contribution >= 0.6 is 7.81 Å². The van der Waals surface area contributed by atoms with Crippen molar-refractivity contribution in [1.82, 2.24) is 36.4 Å². The molecule has 0 aromatic heterocycles. The van der Waals surface area contributed by atoms with E-state index in [1.807, 2.05) is 0 Å². The second-order valence-corrected chi connectivity index (χ2v) is 35.3. The maximum atomic E-state index is 14.5. The van der Waals surface area contributed by atoms with Crippen LogP contribution in [-0.2, 0) is 196 Å². The van der Waals surface area contributed by atoms with E-state index in [0.29, 0.717) is 0 Å². The minimum atomic E-state index is -1.38. The van der Waals surface area contributed by atoms with Gasteiger partial charge < -0.3 is 103 Å². The molecule has 0 saturated carbocycles. The smallest absolute Gasteiger partial charge is 0.463 e. The fraction of sp³-hybridized carbons (Fsp3) is 0.750. The second-order valence-electron chi connectivity index (χ2n) is 31.1. The van der Waals surface area contributed by atoms with Gasteiger partial charge in [-0.1, -0.05) is 0 Å². The fourth-order valence-electron chi connectivity index (χ4n) is 14.0. The Bertz CT molecular complexity index is 4040. The van der Waals surface area contributed by atoms with Crippen molar-refractivity contribution in [3.63, 3.8) is 0 Å². The third-order valence-electron chi connectivity index (χ3n) is 19.7. The monoisotopic (exact) mass is 1920 g/mol. The number of amides is 7. The number of carbonyl (C=O) groups is 21. The Labute approximate surface area is 768 Å². The summed E-state index contributed by atoms with van der Waals surface area (Å²) in [5, 5.41) is 13.3. The molecule has 44 nitrogen and oxygen atoms in total. The van der Waals surface area contributed by atoms with Crippen LogP contribution in [0.1, 0.15) is 225 Å². The molecule has 3 rings (SSSR count). The van der Waals surface area contributed by atoms with Gasteiger partial charge in [-0.25, -0.2) is 0 Å². The van der Waals surface area contributed by atoms with Crippen molar-refractivity contribution in [3.8, 4) is 0 Å². The van der Waals surface area contributed by atoms with Gasteiger partial charge >= 0.3 is 187 Å². The van der Waals surface area contributed by atoms with Crippen LogP contribution < -0.4 is 26.6 Å². The molecule has 7 unspecified atom stereocenters. The minimum Gasteiger partial charge on any atom is -0.463 e. The molecule has 3 fully saturated rings. The number of Topliss-reactive ketones (excluding diaryl/α,β-unsaturated/α-hetero) is 4. The maximum absolute atomic E-state index is 14.5. The fourth-order valence-corrected chi connectivity index (χ4v) is 15.2. The number of hydrogen-bond acceptors (Lipinski definition) is 38. The zero-order chi connectivity index (χ0) is 98.0. The van der Waals surface area contributed by atoms with Crippen molar-refractivity contribution in [2.45, 2.75) is 323 Å². The predicted octanol–water partition coefficient (Wildman–Crippen LogP) is 1.70. The van der Waals surface area contributed by atoms with Gasteiger partial charge in [0.1, 0.15) is 73.6 Å². The molecular weight excluding hydrogens is 1790 g/mol. The number of unbranched alkanes of at least 4 members (excludes halogenated alkanes) is 3. The first kappa shape index (κ1) is 115. The van der Waals surface area contributed by atoms with Crippen LogP contribution in [-0.4, -0.2) is 317 Å². The minimum absolute atomic E-state index is 0.00337. The van der Waals surface area contributed by atoms with Crippen molar-refractivity contribution < 1.29 is 176 Å². The quantitative estimate of drug-likeness (QED) is 0.0250. The van der Waals surface area contributed by atoms with Gasteiger partial charge in [0.05, 0.1) is 0 Å². The second kappa shape index (κ2) is 62.7. The molecule has 3 saturated heterocycles. The summed E-state index contributed by atoms with van der Waals surface area (Å²) in [6, 6.07) is -3.67. The number of hydrogen-bond donors (Lipinski definition) is 5. The summed E-state index contributed by atoms with van der Waals surface area (Å²) in [6.07, 6.45) is -17.2. The van der Waals surface area contributed by atoms with E-state index >= 15 is 0 Å². The molecule has 7 amide bonds. The number of ketones is 4. The first-order valence-electron chi connectivity index (χ1n) is 43.4. The molecule has 0 radical (unpaired) electrons. The number of nitrogens with one attached hydrogen (secondary N) is 5. The molecule has 0 aromatic carbocycles. The number of ether oxygens (including phenoxy) is 16. The van der Waals surface area contributed by atoms with Crippen LogP contribution in [0.2, 0.25) is 0 Å². The average molecular weight is 1920 g/mol. The number of esters is 10. The van der Waals surface area contributed by atoms with Gasteiger partial charge in [0.2, 0.25) is 35.4 Å². The zero-order valence-electron chi connectivity index (χ0n) is 76.5. The van der Waals surface area contributed by atoms with E-state index in [2.05, 4.69) is 34.4 Å². The average Bonchev–Trinajstić information content (AvgIpc) is 0.795. The molecule has 3 aliphatic rings. The molecule has 0 aliphatic carbocycles. The molecule has 0 aromatic rings. The molecule has 47 heteroatoms. The van der Waals surface area contributed by atoms with Crippen molar-refractivity contribution in [3.05, 3.63) is 0 Å². The van der Waals surface area contributed by atoms with Crippen LogP contribution in [0, 0.1) is 0 Å². The number of nitrogens with zero attached hydrogens (tertiary/aromatic N) is 2. The van der Waals surface area contributed by atoms with E-state index in [9.17, 15) is 101 Å². The summed E-state index contributed by atoms with van der Waals surface area (Å²) in [5.74, 6) is -12.9. The van der Waals surface area contributed by atoms with E-state index < -0.39 is 227 Å². The Morgan fingerprint density at radius 2 is 0.664 bits per heavy atom. The van der Waals surface area contributed by atoms with Gasteiger partial charge in [-0.05, 0) is 44.9 Å². The van der Waals surface area contributed by atoms with Gasteiger partial charge in [-0.3, -0.25) is 86.3 Å². The van der Waals surface area contributed by atoms with Gasteiger partial charge in [0, 0.05) is 187 Å². The van der Waals surface area contributed by atoms with Crippen LogP contribution in [0.4, 0.5) is 0 Å². The summed E-state index contributed by atoms with van der Waals surface area (Å²) >= 11 is 5.02. The Kier molecular flexibility index (Phi) is 55.2. The number of rotatable bonds is 61. The summed E-state index contributed by atoms with van der Waals surface area (Å²) in [5.41, 5.74) is 0. The van der Waals surface area contributed by atoms with Gasteiger partial charge in [0.25, 0.3) is 0 Å². The van der Waals surface area contributed by atoms with Gasteiger partial charge in [-0.15, -0.1) is 0 Å². The summed E-state index contributed by atoms with van der Waals surface area (Å²) in [4.78, 5) is 270. The van der Waals surface area contributed by atoms with E-state index in [1.165, 1.54) is 30.6 Å².